The Balaban J connectivity index is 2.81. The highest BCUT2D eigenvalue weighted by molar-refractivity contribution is 9.10. The first kappa shape index (κ1) is 10.6. The topological polar surface area (TPSA) is 29.0 Å². The molecule has 1 heterocycles. The van der Waals surface area contributed by atoms with Crippen LogP contribution in [0.2, 0.25) is 5.28 Å². The molecule has 2 rings (SSSR count). The molecule has 5 heteroatoms. The fourth-order valence-electron chi connectivity index (χ4n) is 1.40. The predicted molar refractivity (Wildman–Crippen MR) is 66.6 cm³/mol. The van der Waals surface area contributed by atoms with Gasteiger partial charge in [0.15, 0.2) is 0 Å². The van der Waals surface area contributed by atoms with Crippen molar-refractivity contribution < 1.29 is 0 Å². The first-order valence-corrected chi connectivity index (χ1v) is 5.55. The van der Waals surface area contributed by atoms with Gasteiger partial charge in [0.2, 0.25) is 5.28 Å². The minimum absolute atomic E-state index is 0.272. The predicted octanol–water partition coefficient (Wildman–Crippen LogP) is 3.11. The van der Waals surface area contributed by atoms with Crippen LogP contribution in [0.3, 0.4) is 0 Å². The molecular weight excluding hydrogens is 277 g/mol. The van der Waals surface area contributed by atoms with Gasteiger partial charge in [0.1, 0.15) is 5.82 Å². The van der Waals surface area contributed by atoms with Crippen molar-refractivity contribution in [2.45, 2.75) is 0 Å². The van der Waals surface area contributed by atoms with Gasteiger partial charge in [-0.2, -0.15) is 4.98 Å². The van der Waals surface area contributed by atoms with E-state index in [0.717, 1.165) is 21.2 Å². The summed E-state index contributed by atoms with van der Waals surface area (Å²) in [7, 11) is 3.86. The quantitative estimate of drug-likeness (QED) is 0.754. The van der Waals surface area contributed by atoms with Crippen LogP contribution in [0.25, 0.3) is 10.9 Å². The molecule has 1 aromatic heterocycles. The average molecular weight is 287 g/mol. The lowest BCUT2D eigenvalue weighted by Gasteiger charge is -2.13. The molecule has 0 N–H and O–H groups in total. The van der Waals surface area contributed by atoms with E-state index >= 15 is 0 Å². The van der Waals surface area contributed by atoms with E-state index in [1.54, 1.807) is 0 Å². The van der Waals surface area contributed by atoms with Crippen molar-refractivity contribution in [2.75, 3.05) is 19.0 Å². The summed E-state index contributed by atoms with van der Waals surface area (Å²) in [6, 6.07) is 5.84. The van der Waals surface area contributed by atoms with Gasteiger partial charge in [0, 0.05) is 24.0 Å². The molecule has 0 unspecified atom stereocenters. The minimum atomic E-state index is 0.272. The van der Waals surface area contributed by atoms with Crippen LogP contribution in [0.1, 0.15) is 0 Å². The van der Waals surface area contributed by atoms with Crippen molar-refractivity contribution in [1.29, 1.82) is 0 Å². The van der Waals surface area contributed by atoms with E-state index in [1.807, 2.05) is 37.2 Å². The molecule has 0 fully saturated rings. The number of nitrogens with zero attached hydrogens (tertiary/aromatic N) is 3. The number of benzene rings is 1. The number of fused-ring (bicyclic) bond motifs is 1. The van der Waals surface area contributed by atoms with Crippen LogP contribution in [-0.4, -0.2) is 24.1 Å². The molecule has 0 atom stereocenters. The third-order valence-electron chi connectivity index (χ3n) is 2.03. The molecule has 3 nitrogen and oxygen atoms in total. The molecule has 78 valence electrons. The lowest BCUT2D eigenvalue weighted by Crippen LogP contribution is -2.11. The maximum absolute atomic E-state index is 5.85. The fourth-order valence-corrected chi connectivity index (χ4v) is 1.93. The molecule has 0 bridgehead atoms. The zero-order chi connectivity index (χ0) is 11.0. The zero-order valence-electron chi connectivity index (χ0n) is 8.33. The second-order valence-electron chi connectivity index (χ2n) is 3.37. The Labute approximate surface area is 101 Å². The van der Waals surface area contributed by atoms with Gasteiger partial charge in [-0.05, 0) is 29.8 Å². The summed E-state index contributed by atoms with van der Waals surface area (Å²) >= 11 is 9.27. The second-order valence-corrected chi connectivity index (χ2v) is 4.63. The Morgan fingerprint density at radius 2 is 2.00 bits per heavy atom. The van der Waals surface area contributed by atoms with Crippen LogP contribution in [0, 0.1) is 0 Å². The molecule has 0 aliphatic heterocycles. The summed E-state index contributed by atoms with van der Waals surface area (Å²) in [4.78, 5) is 10.3. The molecule has 0 saturated heterocycles. The molecular formula is C10H9BrClN3. The smallest absolute Gasteiger partial charge is 0.224 e. The van der Waals surface area contributed by atoms with E-state index in [4.69, 9.17) is 11.6 Å². The first-order valence-electron chi connectivity index (χ1n) is 4.38. The van der Waals surface area contributed by atoms with E-state index in [0.29, 0.717) is 0 Å². The summed E-state index contributed by atoms with van der Waals surface area (Å²) in [6.07, 6.45) is 0. The van der Waals surface area contributed by atoms with Crippen LogP contribution < -0.4 is 4.90 Å². The van der Waals surface area contributed by atoms with Gasteiger partial charge in [-0.15, -0.1) is 0 Å². The Morgan fingerprint density at radius 1 is 1.27 bits per heavy atom. The molecule has 0 amide bonds. The van der Waals surface area contributed by atoms with Gasteiger partial charge < -0.3 is 4.90 Å². The third kappa shape index (κ3) is 2.06. The van der Waals surface area contributed by atoms with Crippen LogP contribution in [0.4, 0.5) is 5.82 Å². The number of hydrogen-bond donors (Lipinski definition) is 0. The van der Waals surface area contributed by atoms with Crippen molar-refractivity contribution in [1.82, 2.24) is 9.97 Å². The monoisotopic (exact) mass is 285 g/mol. The number of rotatable bonds is 1. The molecule has 0 radical (unpaired) electrons. The lowest BCUT2D eigenvalue weighted by atomic mass is 10.2. The SMILES string of the molecule is CN(C)c1nc(Cl)nc2ccc(Br)cc12. The summed E-state index contributed by atoms with van der Waals surface area (Å²) in [6.45, 7) is 0. The van der Waals surface area contributed by atoms with Crippen molar-refractivity contribution >= 4 is 44.3 Å². The molecule has 0 aliphatic carbocycles. The normalized spacial score (nSPS) is 10.7. The van der Waals surface area contributed by atoms with E-state index < -0.39 is 0 Å². The van der Waals surface area contributed by atoms with Crippen molar-refractivity contribution in [3.8, 4) is 0 Å². The Morgan fingerprint density at radius 3 is 2.67 bits per heavy atom. The molecule has 0 aliphatic rings. The van der Waals surface area contributed by atoms with Gasteiger partial charge in [0.25, 0.3) is 0 Å². The maximum atomic E-state index is 5.85. The molecule has 15 heavy (non-hydrogen) atoms. The van der Waals surface area contributed by atoms with Crippen LogP contribution in [-0.2, 0) is 0 Å². The Kier molecular flexibility index (Phi) is 2.80. The first-order chi connectivity index (χ1) is 7.08. The fraction of sp³-hybridized carbons (Fsp3) is 0.200. The highest BCUT2D eigenvalue weighted by atomic mass is 79.9. The highest BCUT2D eigenvalue weighted by Crippen LogP contribution is 2.26. The second kappa shape index (κ2) is 3.94. The average Bonchev–Trinajstić information content (AvgIpc) is 2.17. The van der Waals surface area contributed by atoms with Gasteiger partial charge >= 0.3 is 0 Å². The van der Waals surface area contributed by atoms with Crippen LogP contribution in [0.15, 0.2) is 22.7 Å². The number of anilines is 1. The molecule has 1 aromatic carbocycles. The number of aromatic nitrogens is 2. The van der Waals surface area contributed by atoms with E-state index in [2.05, 4.69) is 25.9 Å². The standard InChI is InChI=1S/C10H9BrClN3/c1-15(2)9-7-5-6(11)3-4-8(7)13-10(12)14-9/h3-5H,1-2H3. The van der Waals surface area contributed by atoms with Crippen molar-refractivity contribution in [3.05, 3.63) is 28.0 Å². The van der Waals surface area contributed by atoms with Gasteiger partial charge in [-0.3, -0.25) is 0 Å². The van der Waals surface area contributed by atoms with E-state index in [-0.39, 0.29) is 5.28 Å². The third-order valence-corrected chi connectivity index (χ3v) is 2.70. The lowest BCUT2D eigenvalue weighted by molar-refractivity contribution is 1.06. The number of halogens is 2. The summed E-state index contributed by atoms with van der Waals surface area (Å²) in [5.74, 6) is 0.825. The van der Waals surface area contributed by atoms with Crippen molar-refractivity contribution in [2.24, 2.45) is 0 Å². The Hall–Kier alpha value is -0.870. The van der Waals surface area contributed by atoms with Gasteiger partial charge in [0.05, 0.1) is 5.52 Å². The Bertz CT molecular complexity index is 513. The van der Waals surface area contributed by atoms with E-state index in [1.165, 1.54) is 0 Å². The minimum Gasteiger partial charge on any atom is -0.362 e. The van der Waals surface area contributed by atoms with Crippen molar-refractivity contribution in [3.63, 3.8) is 0 Å². The summed E-state index contributed by atoms with van der Waals surface area (Å²) < 4.78 is 1.00. The zero-order valence-corrected chi connectivity index (χ0v) is 10.7. The van der Waals surface area contributed by atoms with Gasteiger partial charge in [-0.25, -0.2) is 4.98 Å². The van der Waals surface area contributed by atoms with Gasteiger partial charge in [-0.1, -0.05) is 15.9 Å². The van der Waals surface area contributed by atoms with E-state index in [9.17, 15) is 0 Å². The largest absolute Gasteiger partial charge is 0.362 e. The highest BCUT2D eigenvalue weighted by Gasteiger charge is 2.08. The summed E-state index contributed by atoms with van der Waals surface area (Å²) in [5, 5.41) is 1.26. The molecule has 2 aromatic rings. The number of hydrogen-bond acceptors (Lipinski definition) is 3. The molecule has 0 spiro atoms. The summed E-state index contributed by atoms with van der Waals surface area (Å²) in [5.41, 5.74) is 0.849. The maximum Gasteiger partial charge on any atom is 0.224 e. The van der Waals surface area contributed by atoms with Crippen LogP contribution in [0.5, 0.6) is 0 Å². The van der Waals surface area contributed by atoms with Crippen LogP contribution >= 0.6 is 27.5 Å². The molecule has 0 saturated carbocycles.